The number of carbonyl (C=O) groups is 1. The van der Waals surface area contributed by atoms with E-state index in [0.29, 0.717) is 25.0 Å². The van der Waals surface area contributed by atoms with E-state index in [-0.39, 0.29) is 12.5 Å². The molecule has 0 aromatic carbocycles. The summed E-state index contributed by atoms with van der Waals surface area (Å²) < 4.78 is 5.04. The molecule has 130 valence electrons. The van der Waals surface area contributed by atoms with E-state index in [2.05, 4.69) is 29.5 Å². The lowest BCUT2D eigenvalue weighted by Gasteiger charge is -2.18. The third-order valence-corrected chi connectivity index (χ3v) is 3.57. The number of hydrogen-bond donors (Lipinski definition) is 2. The van der Waals surface area contributed by atoms with Gasteiger partial charge in [-0.25, -0.2) is 4.99 Å². The number of hydrogen-bond acceptors (Lipinski definition) is 3. The van der Waals surface area contributed by atoms with E-state index in [4.69, 9.17) is 4.74 Å². The van der Waals surface area contributed by atoms with Gasteiger partial charge in [0.1, 0.15) is 6.54 Å². The number of ether oxygens (including phenoxy) is 1. The van der Waals surface area contributed by atoms with E-state index in [1.54, 1.807) is 26.1 Å². The van der Waals surface area contributed by atoms with Gasteiger partial charge in [-0.05, 0) is 12.3 Å². The first kappa shape index (κ1) is 20.7. The standard InChI is InChI=1S/C16H34N4O2/c1-6-8-9-14(7-2)12-18-16(17-10-11-22-5)19-13-15(21)20(3)4/h14H,6-13H2,1-5H3,(H2,17,18,19). The normalized spacial score (nSPS) is 12.9. The zero-order valence-corrected chi connectivity index (χ0v) is 14.9. The topological polar surface area (TPSA) is 66.0 Å². The van der Waals surface area contributed by atoms with Gasteiger partial charge in [0.05, 0.1) is 6.61 Å². The summed E-state index contributed by atoms with van der Waals surface area (Å²) in [7, 11) is 5.14. The van der Waals surface area contributed by atoms with Crippen LogP contribution < -0.4 is 10.6 Å². The summed E-state index contributed by atoms with van der Waals surface area (Å²) in [4.78, 5) is 17.6. The Morgan fingerprint density at radius 3 is 2.55 bits per heavy atom. The number of nitrogens with zero attached hydrogens (tertiary/aromatic N) is 2. The van der Waals surface area contributed by atoms with Gasteiger partial charge in [0.15, 0.2) is 5.96 Å². The molecule has 6 nitrogen and oxygen atoms in total. The zero-order valence-electron chi connectivity index (χ0n) is 14.9. The molecule has 0 saturated heterocycles. The minimum Gasteiger partial charge on any atom is -0.383 e. The summed E-state index contributed by atoms with van der Waals surface area (Å²) in [6, 6.07) is 0. The quantitative estimate of drug-likeness (QED) is 0.344. The Bertz CT molecular complexity index is 319. The van der Waals surface area contributed by atoms with E-state index in [1.165, 1.54) is 19.3 Å². The van der Waals surface area contributed by atoms with Crippen molar-refractivity contribution >= 4 is 11.9 Å². The maximum absolute atomic E-state index is 11.7. The Labute approximate surface area is 135 Å². The van der Waals surface area contributed by atoms with Crippen LogP contribution in [0.1, 0.15) is 39.5 Å². The molecule has 0 aliphatic carbocycles. The van der Waals surface area contributed by atoms with Crippen molar-refractivity contribution in [2.24, 2.45) is 10.9 Å². The third-order valence-electron chi connectivity index (χ3n) is 3.57. The highest BCUT2D eigenvalue weighted by molar-refractivity contribution is 5.84. The van der Waals surface area contributed by atoms with Crippen LogP contribution in [0.4, 0.5) is 0 Å². The molecule has 0 radical (unpaired) electrons. The molecule has 0 aliphatic rings. The molecule has 6 heteroatoms. The van der Waals surface area contributed by atoms with Crippen LogP contribution in [0.25, 0.3) is 0 Å². The Hall–Kier alpha value is -1.30. The molecule has 0 aromatic rings. The molecule has 1 unspecified atom stereocenters. The summed E-state index contributed by atoms with van der Waals surface area (Å²) >= 11 is 0. The smallest absolute Gasteiger partial charge is 0.243 e. The molecular weight excluding hydrogens is 280 g/mol. The van der Waals surface area contributed by atoms with E-state index in [1.807, 2.05) is 0 Å². The third kappa shape index (κ3) is 10.4. The highest BCUT2D eigenvalue weighted by Gasteiger charge is 2.08. The fraction of sp³-hybridized carbons (Fsp3) is 0.875. The van der Waals surface area contributed by atoms with Gasteiger partial charge in [0.25, 0.3) is 0 Å². The fourth-order valence-corrected chi connectivity index (χ4v) is 1.92. The van der Waals surface area contributed by atoms with Gasteiger partial charge in [0.2, 0.25) is 5.91 Å². The average Bonchev–Trinajstić information content (AvgIpc) is 2.51. The van der Waals surface area contributed by atoms with E-state index < -0.39 is 0 Å². The van der Waals surface area contributed by atoms with Gasteiger partial charge >= 0.3 is 0 Å². The van der Waals surface area contributed by atoms with Crippen molar-refractivity contribution in [1.82, 2.24) is 15.5 Å². The van der Waals surface area contributed by atoms with Crippen molar-refractivity contribution in [1.29, 1.82) is 0 Å². The maximum atomic E-state index is 11.7. The Morgan fingerprint density at radius 1 is 1.27 bits per heavy atom. The minimum atomic E-state index is -0.00846. The second-order valence-corrected chi connectivity index (χ2v) is 5.67. The first-order chi connectivity index (χ1) is 10.5. The molecule has 0 spiro atoms. The van der Waals surface area contributed by atoms with Crippen LogP contribution >= 0.6 is 0 Å². The van der Waals surface area contributed by atoms with Crippen LogP contribution in [0.15, 0.2) is 4.99 Å². The van der Waals surface area contributed by atoms with Crippen molar-refractivity contribution in [2.45, 2.75) is 39.5 Å². The largest absolute Gasteiger partial charge is 0.383 e. The van der Waals surface area contributed by atoms with Gasteiger partial charge in [-0.3, -0.25) is 4.79 Å². The number of carbonyl (C=O) groups excluding carboxylic acids is 1. The van der Waals surface area contributed by atoms with Crippen molar-refractivity contribution in [3.05, 3.63) is 0 Å². The maximum Gasteiger partial charge on any atom is 0.243 e. The summed E-state index contributed by atoms with van der Waals surface area (Å²) in [5, 5.41) is 6.54. The molecular formula is C16H34N4O2. The van der Waals surface area contributed by atoms with Crippen molar-refractivity contribution < 1.29 is 9.53 Å². The van der Waals surface area contributed by atoms with Crippen molar-refractivity contribution in [2.75, 3.05) is 47.4 Å². The fourth-order valence-electron chi connectivity index (χ4n) is 1.92. The number of guanidine groups is 1. The van der Waals surface area contributed by atoms with Gasteiger partial charge in [-0.2, -0.15) is 0 Å². The number of unbranched alkanes of at least 4 members (excludes halogenated alkanes) is 1. The Balaban J connectivity index is 4.43. The van der Waals surface area contributed by atoms with Crippen molar-refractivity contribution in [3.63, 3.8) is 0 Å². The van der Waals surface area contributed by atoms with Gasteiger partial charge in [-0.1, -0.05) is 33.1 Å². The highest BCUT2D eigenvalue weighted by Crippen LogP contribution is 2.10. The van der Waals surface area contributed by atoms with Crippen LogP contribution in [0.2, 0.25) is 0 Å². The number of aliphatic imine (C=N–C) groups is 1. The molecule has 0 bridgehead atoms. The van der Waals surface area contributed by atoms with Crippen LogP contribution in [0.5, 0.6) is 0 Å². The summed E-state index contributed by atoms with van der Waals surface area (Å²) in [6.45, 7) is 6.74. The lowest BCUT2D eigenvalue weighted by atomic mass is 9.99. The van der Waals surface area contributed by atoms with Gasteiger partial charge in [-0.15, -0.1) is 0 Å². The molecule has 22 heavy (non-hydrogen) atoms. The monoisotopic (exact) mass is 314 g/mol. The molecule has 0 fully saturated rings. The van der Waals surface area contributed by atoms with Gasteiger partial charge < -0.3 is 20.3 Å². The van der Waals surface area contributed by atoms with Crippen molar-refractivity contribution in [3.8, 4) is 0 Å². The number of likely N-dealkylation sites (N-methyl/N-ethyl adjacent to an activating group) is 1. The molecule has 2 N–H and O–H groups in total. The summed E-state index contributed by atoms with van der Waals surface area (Å²) in [5.41, 5.74) is 0. The van der Waals surface area contributed by atoms with E-state index in [0.717, 1.165) is 13.0 Å². The molecule has 0 aliphatic heterocycles. The molecule has 0 aromatic heterocycles. The summed E-state index contributed by atoms with van der Waals surface area (Å²) in [5.74, 6) is 1.31. The van der Waals surface area contributed by atoms with E-state index in [9.17, 15) is 4.79 Å². The zero-order chi connectivity index (χ0) is 16.8. The first-order valence-electron chi connectivity index (χ1n) is 8.26. The minimum absolute atomic E-state index is 0.00846. The lowest BCUT2D eigenvalue weighted by molar-refractivity contribution is -0.127. The average molecular weight is 314 g/mol. The predicted molar refractivity (Wildman–Crippen MR) is 92.2 cm³/mol. The number of nitrogens with one attached hydrogen (secondary N) is 2. The lowest BCUT2D eigenvalue weighted by Crippen LogP contribution is -2.42. The van der Waals surface area contributed by atoms with Crippen LogP contribution in [0.3, 0.4) is 0 Å². The second-order valence-electron chi connectivity index (χ2n) is 5.67. The molecule has 0 heterocycles. The molecule has 1 atom stereocenters. The van der Waals surface area contributed by atoms with Crippen LogP contribution in [-0.2, 0) is 9.53 Å². The first-order valence-corrected chi connectivity index (χ1v) is 8.26. The van der Waals surface area contributed by atoms with Crippen LogP contribution in [0, 0.1) is 5.92 Å². The number of amides is 1. The predicted octanol–water partition coefficient (Wildman–Crippen LogP) is 1.47. The number of rotatable bonds is 11. The Kier molecular flexibility index (Phi) is 12.6. The SMILES string of the molecule is CCCCC(CC)CNC(=NCC(=O)N(C)C)NCCOC. The molecule has 0 saturated carbocycles. The second kappa shape index (κ2) is 13.4. The molecule has 1 amide bonds. The highest BCUT2D eigenvalue weighted by atomic mass is 16.5. The molecule has 0 rings (SSSR count). The van der Waals surface area contributed by atoms with Gasteiger partial charge in [0, 0.05) is 34.3 Å². The summed E-state index contributed by atoms with van der Waals surface area (Å²) in [6.07, 6.45) is 4.85. The van der Waals surface area contributed by atoms with Crippen LogP contribution in [-0.4, -0.2) is 64.2 Å². The number of methoxy groups -OCH3 is 1. The Morgan fingerprint density at radius 2 is 2.00 bits per heavy atom. The van der Waals surface area contributed by atoms with E-state index >= 15 is 0 Å².